The summed E-state index contributed by atoms with van der Waals surface area (Å²) in [6.45, 7) is 10.0. The van der Waals surface area contributed by atoms with Gasteiger partial charge in [0.25, 0.3) is 0 Å². The van der Waals surface area contributed by atoms with Crippen molar-refractivity contribution in [3.05, 3.63) is 23.8 Å². The average Bonchev–Trinajstić information content (AvgIpc) is 1.83. The zero-order valence-corrected chi connectivity index (χ0v) is 7.40. The molecule has 0 amide bonds. The molecule has 1 heteroatoms. The van der Waals surface area contributed by atoms with E-state index < -0.39 is 0 Å². The zero-order valence-electron chi connectivity index (χ0n) is 7.40. The number of carbonyl (C=O) groups is 1. The molecule has 1 rings (SSSR count). The third-order valence-electron chi connectivity index (χ3n) is 2.42. The number of hydrogen-bond acceptors (Lipinski definition) is 1. The molecule has 1 nitrogen and oxygen atoms in total. The first-order valence-electron chi connectivity index (χ1n) is 3.84. The van der Waals surface area contributed by atoms with Gasteiger partial charge in [0, 0.05) is 0 Å². The van der Waals surface area contributed by atoms with Crippen LogP contribution in [0.1, 0.15) is 27.2 Å². The largest absolute Gasteiger partial charge is 0.290 e. The van der Waals surface area contributed by atoms with E-state index in [2.05, 4.69) is 20.4 Å². The van der Waals surface area contributed by atoms with Crippen molar-refractivity contribution in [3.8, 4) is 0 Å². The Morgan fingerprint density at radius 3 is 2.55 bits per heavy atom. The lowest BCUT2D eigenvalue weighted by Gasteiger charge is -2.29. The molecule has 0 fully saturated rings. The molecular weight excluding hydrogens is 136 g/mol. The molecule has 0 aromatic heterocycles. The van der Waals surface area contributed by atoms with Gasteiger partial charge in [0.2, 0.25) is 0 Å². The maximum Gasteiger partial charge on any atom is 0.181 e. The van der Waals surface area contributed by atoms with E-state index in [1.807, 2.05) is 6.92 Å². The van der Waals surface area contributed by atoms with Gasteiger partial charge in [-0.25, -0.2) is 0 Å². The minimum absolute atomic E-state index is 0.0989. The van der Waals surface area contributed by atoms with E-state index in [0.29, 0.717) is 0 Å². The molecule has 0 aromatic rings. The summed E-state index contributed by atoms with van der Waals surface area (Å²) < 4.78 is 0. The van der Waals surface area contributed by atoms with Crippen molar-refractivity contribution in [2.75, 3.05) is 0 Å². The van der Waals surface area contributed by atoms with E-state index in [0.717, 1.165) is 17.6 Å². The first kappa shape index (κ1) is 8.25. The Hall–Kier alpha value is -0.850. The van der Waals surface area contributed by atoms with Gasteiger partial charge in [-0.15, -0.1) is 0 Å². The van der Waals surface area contributed by atoms with Crippen molar-refractivity contribution < 1.29 is 4.79 Å². The highest BCUT2D eigenvalue weighted by atomic mass is 16.1. The van der Waals surface area contributed by atoms with E-state index >= 15 is 0 Å². The van der Waals surface area contributed by atoms with Crippen LogP contribution >= 0.6 is 0 Å². The van der Waals surface area contributed by atoms with Crippen LogP contribution in [0.3, 0.4) is 0 Å². The monoisotopic (exact) mass is 150 g/mol. The second-order valence-corrected chi connectivity index (χ2v) is 3.86. The van der Waals surface area contributed by atoms with Gasteiger partial charge in [0.05, 0.1) is 0 Å². The van der Waals surface area contributed by atoms with Gasteiger partial charge < -0.3 is 0 Å². The summed E-state index contributed by atoms with van der Waals surface area (Å²) in [5.41, 5.74) is 2.03. The topological polar surface area (TPSA) is 17.1 Å². The summed E-state index contributed by atoms with van der Waals surface area (Å²) in [5.74, 6) is 0.0989. The van der Waals surface area contributed by atoms with Crippen LogP contribution in [-0.4, -0.2) is 5.78 Å². The molecular formula is C10H14O. The summed E-state index contributed by atoms with van der Waals surface area (Å²) in [5, 5.41) is 0. The summed E-state index contributed by atoms with van der Waals surface area (Å²) in [6, 6.07) is 0. The highest BCUT2D eigenvalue weighted by Crippen LogP contribution is 2.36. The highest BCUT2D eigenvalue weighted by Gasteiger charge is 2.27. The molecule has 0 saturated heterocycles. The van der Waals surface area contributed by atoms with Gasteiger partial charge in [-0.05, 0) is 30.4 Å². The average molecular weight is 150 g/mol. The Bertz CT molecular complexity index is 244. The van der Waals surface area contributed by atoms with Gasteiger partial charge >= 0.3 is 0 Å². The molecule has 11 heavy (non-hydrogen) atoms. The second kappa shape index (κ2) is 2.33. The van der Waals surface area contributed by atoms with Crippen LogP contribution in [0.2, 0.25) is 0 Å². The molecule has 0 N–H and O–H groups in total. The first-order valence-corrected chi connectivity index (χ1v) is 3.84. The molecule has 0 heterocycles. The Labute approximate surface area is 67.8 Å². The second-order valence-electron chi connectivity index (χ2n) is 3.86. The van der Waals surface area contributed by atoms with Gasteiger partial charge in [0.15, 0.2) is 5.78 Å². The van der Waals surface area contributed by atoms with Crippen LogP contribution in [0.4, 0.5) is 0 Å². The third-order valence-corrected chi connectivity index (χ3v) is 2.42. The van der Waals surface area contributed by atoms with E-state index in [1.54, 1.807) is 6.08 Å². The van der Waals surface area contributed by atoms with Crippen LogP contribution in [-0.2, 0) is 4.79 Å². The van der Waals surface area contributed by atoms with Crippen molar-refractivity contribution >= 4 is 5.78 Å². The molecule has 60 valence electrons. The number of hydrogen-bond donors (Lipinski definition) is 0. The lowest BCUT2D eigenvalue weighted by Crippen LogP contribution is -2.22. The van der Waals surface area contributed by atoms with Gasteiger partial charge in [-0.1, -0.05) is 26.0 Å². The highest BCUT2D eigenvalue weighted by molar-refractivity contribution is 6.05. The van der Waals surface area contributed by atoms with Gasteiger partial charge in [-0.2, -0.15) is 0 Å². The number of carbonyl (C=O) groups excluding carboxylic acids is 1. The number of ketones is 1. The van der Waals surface area contributed by atoms with E-state index in [-0.39, 0.29) is 11.2 Å². The van der Waals surface area contributed by atoms with Crippen molar-refractivity contribution in [1.29, 1.82) is 0 Å². The van der Waals surface area contributed by atoms with Crippen LogP contribution in [0.15, 0.2) is 23.8 Å². The van der Waals surface area contributed by atoms with Crippen molar-refractivity contribution in [2.45, 2.75) is 27.2 Å². The fraction of sp³-hybridized carbons (Fsp3) is 0.500. The predicted octanol–water partition coefficient (Wildman–Crippen LogP) is 2.49. The Kier molecular flexibility index (Phi) is 1.75. The van der Waals surface area contributed by atoms with Crippen LogP contribution in [0, 0.1) is 5.41 Å². The van der Waals surface area contributed by atoms with Crippen molar-refractivity contribution in [1.82, 2.24) is 0 Å². The summed E-state index contributed by atoms with van der Waals surface area (Å²) in [4.78, 5) is 11.1. The quantitative estimate of drug-likeness (QED) is 0.485. The maximum absolute atomic E-state index is 11.1. The molecule has 0 unspecified atom stereocenters. The molecule has 0 spiro atoms. The summed E-state index contributed by atoms with van der Waals surface area (Å²) in [7, 11) is 0. The maximum atomic E-state index is 11.1. The molecule has 1 aliphatic rings. The molecule has 0 bridgehead atoms. The summed E-state index contributed by atoms with van der Waals surface area (Å²) in [6.07, 6.45) is 2.50. The van der Waals surface area contributed by atoms with E-state index in [4.69, 9.17) is 0 Å². The standard InChI is InChI=1S/C10H14O/c1-7-6-10(3,4)8(2)5-9(7)11/h5H,1,6H2,2-4H3. The first-order chi connectivity index (χ1) is 4.93. The Morgan fingerprint density at radius 1 is 1.55 bits per heavy atom. The summed E-state index contributed by atoms with van der Waals surface area (Å²) >= 11 is 0. The van der Waals surface area contributed by atoms with Gasteiger partial charge in [0.1, 0.15) is 0 Å². The molecule has 0 aliphatic heterocycles. The van der Waals surface area contributed by atoms with Crippen molar-refractivity contribution in [2.24, 2.45) is 5.41 Å². The lowest BCUT2D eigenvalue weighted by atomic mass is 9.74. The zero-order chi connectivity index (χ0) is 8.65. The van der Waals surface area contributed by atoms with Crippen LogP contribution < -0.4 is 0 Å². The smallest absolute Gasteiger partial charge is 0.181 e. The fourth-order valence-electron chi connectivity index (χ4n) is 1.25. The fourth-order valence-corrected chi connectivity index (χ4v) is 1.25. The SMILES string of the molecule is C=C1CC(C)(C)C(C)=CC1=O. The molecule has 0 saturated carbocycles. The van der Waals surface area contributed by atoms with E-state index in [1.165, 1.54) is 0 Å². The van der Waals surface area contributed by atoms with Crippen LogP contribution in [0.25, 0.3) is 0 Å². The minimum Gasteiger partial charge on any atom is -0.290 e. The molecule has 1 aliphatic carbocycles. The molecule has 0 atom stereocenters. The lowest BCUT2D eigenvalue weighted by molar-refractivity contribution is -0.112. The predicted molar refractivity (Wildman–Crippen MR) is 46.3 cm³/mol. The molecule has 0 radical (unpaired) electrons. The number of allylic oxidation sites excluding steroid dienone is 3. The van der Waals surface area contributed by atoms with Crippen LogP contribution in [0.5, 0.6) is 0 Å². The Morgan fingerprint density at radius 2 is 2.09 bits per heavy atom. The van der Waals surface area contributed by atoms with E-state index in [9.17, 15) is 4.79 Å². The normalized spacial score (nSPS) is 23.4. The van der Waals surface area contributed by atoms with Crippen molar-refractivity contribution in [3.63, 3.8) is 0 Å². The Balaban J connectivity index is 3.04. The third kappa shape index (κ3) is 1.42. The number of rotatable bonds is 0. The minimum atomic E-state index is 0.0989. The molecule has 0 aromatic carbocycles. The van der Waals surface area contributed by atoms with Gasteiger partial charge in [-0.3, -0.25) is 4.79 Å².